The van der Waals surface area contributed by atoms with E-state index in [-0.39, 0.29) is 0 Å². The number of hydrogen-bond donors (Lipinski definition) is 4. The molecule has 5 atom stereocenters. The molecule has 0 radical (unpaired) electrons. The zero-order chi connectivity index (χ0) is 22.2. The highest BCUT2D eigenvalue weighted by molar-refractivity contribution is 4.97. The molecule has 1 heterocycles. The van der Waals surface area contributed by atoms with E-state index in [0.717, 1.165) is 32.1 Å². The van der Waals surface area contributed by atoms with Crippen molar-refractivity contribution in [1.29, 1.82) is 0 Å². The second kappa shape index (κ2) is 16.4. The van der Waals surface area contributed by atoms with Gasteiger partial charge in [0.15, 0.2) is 5.79 Å². The van der Waals surface area contributed by atoms with Crippen LogP contribution >= 0.6 is 0 Å². The van der Waals surface area contributed by atoms with Gasteiger partial charge in [0.05, 0.1) is 13.2 Å². The molecule has 1 unspecified atom stereocenters. The van der Waals surface area contributed by atoms with Crippen LogP contribution in [0.3, 0.4) is 0 Å². The molecular formula is C24H48O6. The number of ether oxygens (including phenoxy) is 2. The van der Waals surface area contributed by atoms with E-state index in [4.69, 9.17) is 9.47 Å². The molecule has 1 aliphatic rings. The van der Waals surface area contributed by atoms with E-state index in [0.29, 0.717) is 13.0 Å². The summed E-state index contributed by atoms with van der Waals surface area (Å²) in [6.45, 7) is 4.41. The van der Waals surface area contributed by atoms with Gasteiger partial charge in [-0.3, -0.25) is 0 Å². The second-order valence-corrected chi connectivity index (χ2v) is 8.92. The normalized spacial score (nSPS) is 29.4. The lowest BCUT2D eigenvalue weighted by Crippen LogP contribution is -2.66. The third-order valence-electron chi connectivity index (χ3n) is 6.26. The van der Waals surface area contributed by atoms with Crippen molar-refractivity contribution in [1.82, 2.24) is 0 Å². The Balaban J connectivity index is 2.52. The molecule has 0 spiro atoms. The summed E-state index contributed by atoms with van der Waals surface area (Å²) in [5.41, 5.74) is 0. The van der Waals surface area contributed by atoms with Crippen LogP contribution in [-0.2, 0) is 9.47 Å². The van der Waals surface area contributed by atoms with Crippen molar-refractivity contribution in [3.8, 4) is 0 Å². The summed E-state index contributed by atoms with van der Waals surface area (Å²) in [7, 11) is 0. The molecule has 0 amide bonds. The quantitative estimate of drug-likeness (QED) is 0.244. The topological polar surface area (TPSA) is 99.4 Å². The lowest BCUT2D eigenvalue weighted by atomic mass is 9.89. The maximum Gasteiger partial charge on any atom is 0.197 e. The molecule has 30 heavy (non-hydrogen) atoms. The number of unbranched alkanes of at least 4 members (excludes halogenated alkanes) is 12. The summed E-state index contributed by atoms with van der Waals surface area (Å²) in [6, 6.07) is 0. The highest BCUT2D eigenvalue weighted by atomic mass is 16.7. The van der Waals surface area contributed by atoms with Crippen LogP contribution in [0.5, 0.6) is 0 Å². The van der Waals surface area contributed by atoms with E-state index in [1.807, 2.05) is 0 Å². The standard InChI is InChI=1S/C24H48O6/c1-3-5-7-9-11-12-14-16-18-29-24(17-15-13-10-8-6-4-2)23(28)22(27)21(26)20(19-25)30-24/h20-23,25-28H,3-19H2,1-2H3/t20-,21-,22+,23-,24?/m1/s1. The smallest absolute Gasteiger partial charge is 0.197 e. The molecule has 0 saturated carbocycles. The van der Waals surface area contributed by atoms with Crippen molar-refractivity contribution in [3.05, 3.63) is 0 Å². The van der Waals surface area contributed by atoms with Crippen LogP contribution < -0.4 is 0 Å². The molecule has 0 aromatic rings. The Morgan fingerprint density at radius 2 is 1.20 bits per heavy atom. The maximum atomic E-state index is 10.7. The maximum absolute atomic E-state index is 10.7. The molecule has 4 N–H and O–H groups in total. The van der Waals surface area contributed by atoms with Crippen LogP contribution in [0.4, 0.5) is 0 Å². The summed E-state index contributed by atoms with van der Waals surface area (Å²) in [5, 5.41) is 40.7. The molecule has 180 valence electrons. The SMILES string of the molecule is CCCCCCCCCCOC1(CCCCCCCC)O[C@H](CO)[C@@H](O)[C@H](O)[C@H]1O. The van der Waals surface area contributed by atoms with E-state index in [9.17, 15) is 20.4 Å². The van der Waals surface area contributed by atoms with Gasteiger partial charge in [0.25, 0.3) is 0 Å². The van der Waals surface area contributed by atoms with Crippen LogP contribution in [0.2, 0.25) is 0 Å². The van der Waals surface area contributed by atoms with Gasteiger partial charge < -0.3 is 29.9 Å². The summed E-state index contributed by atoms with van der Waals surface area (Å²) in [4.78, 5) is 0. The van der Waals surface area contributed by atoms with Crippen molar-refractivity contribution in [2.75, 3.05) is 13.2 Å². The molecule has 0 aliphatic carbocycles. The monoisotopic (exact) mass is 432 g/mol. The van der Waals surface area contributed by atoms with Gasteiger partial charge in [0.1, 0.15) is 24.4 Å². The van der Waals surface area contributed by atoms with Crippen LogP contribution in [0, 0.1) is 0 Å². The molecule has 0 aromatic carbocycles. The summed E-state index contributed by atoms with van der Waals surface area (Å²) in [6.07, 6.45) is 11.4. The lowest BCUT2D eigenvalue weighted by Gasteiger charge is -2.48. The van der Waals surface area contributed by atoms with Crippen molar-refractivity contribution in [3.63, 3.8) is 0 Å². The predicted molar refractivity (Wildman–Crippen MR) is 119 cm³/mol. The lowest BCUT2D eigenvalue weighted by molar-refractivity contribution is -0.366. The molecule has 6 heteroatoms. The Hall–Kier alpha value is -0.240. The van der Waals surface area contributed by atoms with Gasteiger partial charge in [0, 0.05) is 6.42 Å². The first-order chi connectivity index (χ1) is 14.5. The van der Waals surface area contributed by atoms with Crippen molar-refractivity contribution in [2.24, 2.45) is 0 Å². The van der Waals surface area contributed by atoms with E-state index >= 15 is 0 Å². The van der Waals surface area contributed by atoms with Crippen molar-refractivity contribution in [2.45, 2.75) is 140 Å². The van der Waals surface area contributed by atoms with Gasteiger partial charge in [-0.2, -0.15) is 0 Å². The number of aliphatic hydroxyl groups excluding tert-OH is 4. The summed E-state index contributed by atoms with van der Waals surface area (Å²) >= 11 is 0. The Morgan fingerprint density at radius 1 is 0.700 bits per heavy atom. The Kier molecular flexibility index (Phi) is 15.2. The van der Waals surface area contributed by atoms with Gasteiger partial charge in [-0.05, 0) is 12.8 Å². The van der Waals surface area contributed by atoms with E-state index in [2.05, 4.69) is 13.8 Å². The minimum absolute atomic E-state index is 0.426. The molecule has 1 saturated heterocycles. The third-order valence-corrected chi connectivity index (χ3v) is 6.26. The molecule has 1 aliphatic heterocycles. The third kappa shape index (κ3) is 9.49. The van der Waals surface area contributed by atoms with Crippen LogP contribution in [0.1, 0.15) is 110 Å². The Morgan fingerprint density at radius 3 is 1.73 bits per heavy atom. The predicted octanol–water partition coefficient (Wildman–Crippen LogP) is 4.06. The van der Waals surface area contributed by atoms with E-state index in [1.54, 1.807) is 0 Å². The van der Waals surface area contributed by atoms with E-state index < -0.39 is 36.8 Å². The van der Waals surface area contributed by atoms with Gasteiger partial charge in [-0.25, -0.2) is 0 Å². The molecule has 1 fully saturated rings. The molecular weight excluding hydrogens is 384 g/mol. The summed E-state index contributed by atoms with van der Waals surface area (Å²) < 4.78 is 11.9. The van der Waals surface area contributed by atoms with Crippen LogP contribution in [0.15, 0.2) is 0 Å². The fourth-order valence-corrected chi connectivity index (χ4v) is 4.24. The van der Waals surface area contributed by atoms with Crippen molar-refractivity contribution < 1.29 is 29.9 Å². The number of hydrogen-bond acceptors (Lipinski definition) is 6. The van der Waals surface area contributed by atoms with Gasteiger partial charge in [0.2, 0.25) is 0 Å². The van der Waals surface area contributed by atoms with E-state index in [1.165, 1.54) is 57.8 Å². The van der Waals surface area contributed by atoms with Gasteiger partial charge >= 0.3 is 0 Å². The zero-order valence-corrected chi connectivity index (χ0v) is 19.4. The first-order valence-electron chi connectivity index (χ1n) is 12.5. The number of aliphatic hydroxyl groups is 4. The highest BCUT2D eigenvalue weighted by Crippen LogP contribution is 2.36. The minimum Gasteiger partial charge on any atom is -0.394 e. The van der Waals surface area contributed by atoms with Crippen LogP contribution in [0.25, 0.3) is 0 Å². The fourth-order valence-electron chi connectivity index (χ4n) is 4.24. The largest absolute Gasteiger partial charge is 0.394 e. The molecule has 0 aromatic heterocycles. The first-order valence-corrected chi connectivity index (χ1v) is 12.5. The Bertz CT molecular complexity index is 405. The van der Waals surface area contributed by atoms with Crippen LogP contribution in [-0.4, -0.2) is 63.8 Å². The van der Waals surface area contributed by atoms with Gasteiger partial charge in [-0.15, -0.1) is 0 Å². The highest BCUT2D eigenvalue weighted by Gasteiger charge is 2.53. The molecule has 6 nitrogen and oxygen atoms in total. The molecule has 0 bridgehead atoms. The Labute approximate surface area is 184 Å². The molecule has 1 rings (SSSR count). The first kappa shape index (κ1) is 27.8. The zero-order valence-electron chi connectivity index (χ0n) is 19.4. The average Bonchev–Trinajstić information content (AvgIpc) is 2.75. The second-order valence-electron chi connectivity index (χ2n) is 8.92. The summed E-state index contributed by atoms with van der Waals surface area (Å²) in [5.74, 6) is -1.36. The van der Waals surface area contributed by atoms with Crippen molar-refractivity contribution >= 4 is 0 Å². The average molecular weight is 433 g/mol. The minimum atomic E-state index is -1.39. The number of rotatable bonds is 18. The fraction of sp³-hybridized carbons (Fsp3) is 1.00. The van der Waals surface area contributed by atoms with Gasteiger partial charge in [-0.1, -0.05) is 90.9 Å².